The van der Waals surface area contributed by atoms with Crippen molar-refractivity contribution in [2.24, 2.45) is 23.0 Å². The highest BCUT2D eigenvalue weighted by Crippen LogP contribution is 2.29. The van der Waals surface area contributed by atoms with Crippen molar-refractivity contribution in [3.05, 3.63) is 0 Å². The van der Waals surface area contributed by atoms with Crippen LogP contribution in [0.25, 0.3) is 0 Å². The van der Waals surface area contributed by atoms with E-state index in [4.69, 9.17) is 10.5 Å². The van der Waals surface area contributed by atoms with E-state index in [1.54, 1.807) is 0 Å². The molecule has 1 unspecified atom stereocenters. The maximum Gasteiger partial charge on any atom is 0.0546 e. The molecule has 1 rings (SSSR count). The first-order valence-corrected chi connectivity index (χ1v) is 7.47. The van der Waals surface area contributed by atoms with Gasteiger partial charge in [0, 0.05) is 38.2 Å². The van der Waals surface area contributed by atoms with Crippen LogP contribution in [0.2, 0.25) is 0 Å². The first kappa shape index (κ1) is 15.9. The topological polar surface area (TPSA) is 38.5 Å². The van der Waals surface area contributed by atoms with E-state index in [-0.39, 0.29) is 5.41 Å². The Labute approximate surface area is 113 Å². The summed E-state index contributed by atoms with van der Waals surface area (Å²) in [6, 6.07) is 0. The monoisotopic (exact) mass is 256 g/mol. The molecule has 1 aliphatic heterocycles. The van der Waals surface area contributed by atoms with E-state index < -0.39 is 0 Å². The van der Waals surface area contributed by atoms with E-state index in [1.165, 1.54) is 19.5 Å². The average Bonchev–Trinajstić information content (AvgIpc) is 2.28. The van der Waals surface area contributed by atoms with E-state index >= 15 is 0 Å². The molecule has 0 amide bonds. The second kappa shape index (κ2) is 7.46. The molecule has 3 heteroatoms. The molecule has 1 saturated heterocycles. The predicted octanol–water partition coefficient (Wildman–Crippen LogP) is 2.36. The minimum atomic E-state index is 0.196. The van der Waals surface area contributed by atoms with Crippen molar-refractivity contribution < 1.29 is 4.74 Å². The molecule has 0 aromatic heterocycles. The normalized spacial score (nSPS) is 25.3. The van der Waals surface area contributed by atoms with Crippen LogP contribution in [0, 0.1) is 17.3 Å². The first-order chi connectivity index (χ1) is 8.47. The molecule has 1 heterocycles. The van der Waals surface area contributed by atoms with Crippen LogP contribution in [-0.4, -0.2) is 44.3 Å². The third-order valence-corrected chi connectivity index (χ3v) is 3.64. The fourth-order valence-electron chi connectivity index (χ4n) is 2.97. The van der Waals surface area contributed by atoms with Gasteiger partial charge >= 0.3 is 0 Å². The average molecular weight is 256 g/mol. The van der Waals surface area contributed by atoms with Gasteiger partial charge in [0.05, 0.1) is 6.61 Å². The van der Waals surface area contributed by atoms with Crippen LogP contribution in [-0.2, 0) is 4.74 Å². The van der Waals surface area contributed by atoms with Gasteiger partial charge in [-0.05, 0) is 24.7 Å². The lowest BCUT2D eigenvalue weighted by Gasteiger charge is -2.41. The van der Waals surface area contributed by atoms with Crippen LogP contribution in [0.15, 0.2) is 0 Å². The van der Waals surface area contributed by atoms with E-state index in [9.17, 15) is 0 Å². The fourth-order valence-corrected chi connectivity index (χ4v) is 2.97. The Hall–Kier alpha value is -0.120. The number of nitrogens with two attached hydrogens (primary N) is 1. The van der Waals surface area contributed by atoms with Crippen LogP contribution in [0.3, 0.4) is 0 Å². The molecular formula is C15H32N2O. The van der Waals surface area contributed by atoms with Crippen molar-refractivity contribution in [3.63, 3.8) is 0 Å². The van der Waals surface area contributed by atoms with Crippen molar-refractivity contribution in [3.8, 4) is 0 Å². The lowest BCUT2D eigenvalue weighted by Crippen LogP contribution is -2.49. The summed E-state index contributed by atoms with van der Waals surface area (Å²) in [6.45, 7) is 15.1. The summed E-state index contributed by atoms with van der Waals surface area (Å²) in [6.07, 6.45) is 2.38. The maximum absolute atomic E-state index is 6.04. The van der Waals surface area contributed by atoms with Crippen LogP contribution in [0.4, 0.5) is 0 Å². The second-order valence-corrected chi connectivity index (χ2v) is 6.84. The molecule has 0 saturated carbocycles. The van der Waals surface area contributed by atoms with Crippen molar-refractivity contribution in [1.82, 2.24) is 4.90 Å². The Kier molecular flexibility index (Phi) is 6.61. The van der Waals surface area contributed by atoms with Gasteiger partial charge in [0.15, 0.2) is 0 Å². The van der Waals surface area contributed by atoms with Crippen LogP contribution in [0.5, 0.6) is 0 Å². The van der Waals surface area contributed by atoms with Gasteiger partial charge in [-0.3, -0.25) is 0 Å². The zero-order chi connectivity index (χ0) is 13.6. The molecule has 1 aliphatic rings. The molecule has 0 aliphatic carbocycles. The maximum atomic E-state index is 6.04. The summed E-state index contributed by atoms with van der Waals surface area (Å²) in [5.74, 6) is 1.42. The van der Waals surface area contributed by atoms with Gasteiger partial charge in [0.1, 0.15) is 0 Å². The van der Waals surface area contributed by atoms with Gasteiger partial charge in [-0.15, -0.1) is 0 Å². The second-order valence-electron chi connectivity index (χ2n) is 6.84. The SMILES string of the molecule is CC(C)CN(CC(C)C)CC1(CN)CCCOC1. The van der Waals surface area contributed by atoms with Gasteiger partial charge in [-0.25, -0.2) is 0 Å². The Morgan fingerprint density at radius 3 is 2.17 bits per heavy atom. The molecule has 108 valence electrons. The first-order valence-electron chi connectivity index (χ1n) is 7.47. The fraction of sp³-hybridized carbons (Fsp3) is 1.00. The predicted molar refractivity (Wildman–Crippen MR) is 77.7 cm³/mol. The van der Waals surface area contributed by atoms with Crippen molar-refractivity contribution in [2.45, 2.75) is 40.5 Å². The minimum Gasteiger partial charge on any atom is -0.381 e. The van der Waals surface area contributed by atoms with Crippen LogP contribution in [0.1, 0.15) is 40.5 Å². The molecule has 0 bridgehead atoms. The molecule has 0 spiro atoms. The zero-order valence-electron chi connectivity index (χ0n) is 12.7. The molecule has 1 atom stereocenters. The summed E-state index contributed by atoms with van der Waals surface area (Å²) in [4.78, 5) is 2.59. The van der Waals surface area contributed by atoms with Crippen molar-refractivity contribution in [2.75, 3.05) is 39.4 Å². The molecule has 0 aromatic carbocycles. The number of hydrogen-bond acceptors (Lipinski definition) is 3. The number of rotatable bonds is 7. The van der Waals surface area contributed by atoms with E-state index in [1.807, 2.05) is 0 Å². The Morgan fingerprint density at radius 2 is 1.78 bits per heavy atom. The van der Waals surface area contributed by atoms with Gasteiger partial charge < -0.3 is 15.4 Å². The Bertz CT molecular complexity index is 213. The Balaban J connectivity index is 2.60. The molecule has 18 heavy (non-hydrogen) atoms. The van der Waals surface area contributed by atoms with Gasteiger partial charge in [0.2, 0.25) is 0 Å². The largest absolute Gasteiger partial charge is 0.381 e. The smallest absolute Gasteiger partial charge is 0.0546 e. The zero-order valence-corrected chi connectivity index (χ0v) is 12.7. The minimum absolute atomic E-state index is 0.196. The highest BCUT2D eigenvalue weighted by Gasteiger charge is 2.33. The summed E-state index contributed by atoms with van der Waals surface area (Å²) >= 11 is 0. The standard InChI is InChI=1S/C15H32N2O/c1-13(2)8-17(9-14(3)4)11-15(10-16)6-5-7-18-12-15/h13-14H,5-12,16H2,1-4H3. The van der Waals surface area contributed by atoms with Gasteiger partial charge in [0.25, 0.3) is 0 Å². The number of hydrogen-bond donors (Lipinski definition) is 1. The van der Waals surface area contributed by atoms with E-state index in [0.717, 1.165) is 32.7 Å². The molecule has 0 radical (unpaired) electrons. The van der Waals surface area contributed by atoms with Gasteiger partial charge in [-0.1, -0.05) is 27.7 Å². The van der Waals surface area contributed by atoms with Crippen LogP contribution >= 0.6 is 0 Å². The Morgan fingerprint density at radius 1 is 1.17 bits per heavy atom. The van der Waals surface area contributed by atoms with Crippen molar-refractivity contribution >= 4 is 0 Å². The number of nitrogens with zero attached hydrogens (tertiary/aromatic N) is 1. The third kappa shape index (κ3) is 5.25. The van der Waals surface area contributed by atoms with E-state index in [0.29, 0.717) is 11.8 Å². The summed E-state index contributed by atoms with van der Waals surface area (Å²) < 4.78 is 5.68. The number of ether oxygens (including phenoxy) is 1. The molecule has 2 N–H and O–H groups in total. The van der Waals surface area contributed by atoms with E-state index in [2.05, 4.69) is 32.6 Å². The highest BCUT2D eigenvalue weighted by atomic mass is 16.5. The quantitative estimate of drug-likeness (QED) is 0.760. The summed E-state index contributed by atoms with van der Waals surface area (Å²) in [5.41, 5.74) is 6.24. The summed E-state index contributed by atoms with van der Waals surface area (Å²) in [7, 11) is 0. The highest BCUT2D eigenvalue weighted by molar-refractivity contribution is 4.86. The van der Waals surface area contributed by atoms with Gasteiger partial charge in [-0.2, -0.15) is 0 Å². The van der Waals surface area contributed by atoms with Crippen LogP contribution < -0.4 is 5.73 Å². The van der Waals surface area contributed by atoms with Crippen molar-refractivity contribution in [1.29, 1.82) is 0 Å². The summed E-state index contributed by atoms with van der Waals surface area (Å²) in [5, 5.41) is 0. The molecular weight excluding hydrogens is 224 g/mol. The molecule has 1 fully saturated rings. The lowest BCUT2D eigenvalue weighted by molar-refractivity contribution is -0.0249. The third-order valence-electron chi connectivity index (χ3n) is 3.64. The molecule has 3 nitrogen and oxygen atoms in total. The lowest BCUT2D eigenvalue weighted by atomic mass is 9.81. The molecule has 0 aromatic rings.